The first-order valence-corrected chi connectivity index (χ1v) is 7.58. The molecule has 0 radical (unpaired) electrons. The Hall–Kier alpha value is -1.92. The van der Waals surface area contributed by atoms with E-state index in [4.69, 9.17) is 15.2 Å². The maximum Gasteiger partial charge on any atom is 0.170 e. The van der Waals surface area contributed by atoms with Crippen molar-refractivity contribution in [1.29, 1.82) is 0 Å². The molecule has 0 unspecified atom stereocenters. The highest BCUT2D eigenvalue weighted by atomic mass is 16.5. The molecule has 1 fully saturated rings. The topological polar surface area (TPSA) is 75.2 Å². The Morgan fingerprint density at radius 1 is 1.36 bits per heavy atom. The van der Waals surface area contributed by atoms with Gasteiger partial charge in [0, 0.05) is 13.1 Å². The van der Waals surface area contributed by atoms with Crippen LogP contribution in [0.25, 0.3) is 0 Å². The van der Waals surface area contributed by atoms with Crippen LogP contribution in [-0.4, -0.2) is 27.4 Å². The minimum atomic E-state index is -0.0231. The summed E-state index contributed by atoms with van der Waals surface area (Å²) in [5.74, 6) is 2.47. The summed E-state index contributed by atoms with van der Waals surface area (Å²) in [4.78, 5) is 0. The van der Waals surface area contributed by atoms with E-state index in [9.17, 15) is 0 Å². The van der Waals surface area contributed by atoms with Crippen molar-refractivity contribution in [3.63, 3.8) is 0 Å². The molecule has 1 aromatic heterocycles. The van der Waals surface area contributed by atoms with Crippen LogP contribution in [0.4, 0.5) is 0 Å². The smallest absolute Gasteiger partial charge is 0.170 e. The van der Waals surface area contributed by atoms with Crippen molar-refractivity contribution in [2.45, 2.75) is 38.5 Å². The lowest BCUT2D eigenvalue weighted by Crippen LogP contribution is -2.33. The minimum Gasteiger partial charge on any atom is -0.486 e. The van der Waals surface area contributed by atoms with Crippen LogP contribution in [0.3, 0.4) is 0 Å². The molecule has 6 nitrogen and oxygen atoms in total. The van der Waals surface area contributed by atoms with Crippen LogP contribution in [0.2, 0.25) is 0 Å². The van der Waals surface area contributed by atoms with E-state index < -0.39 is 0 Å². The Balaban J connectivity index is 1.66. The van der Waals surface area contributed by atoms with Gasteiger partial charge in [0.1, 0.15) is 18.5 Å². The Kier molecular flexibility index (Phi) is 4.40. The zero-order valence-electron chi connectivity index (χ0n) is 13.0. The van der Waals surface area contributed by atoms with Gasteiger partial charge in [-0.25, -0.2) is 0 Å². The van der Waals surface area contributed by atoms with Gasteiger partial charge in [-0.3, -0.25) is 0 Å². The summed E-state index contributed by atoms with van der Waals surface area (Å²) in [5.41, 5.74) is 7.02. The molecule has 0 saturated carbocycles. The van der Waals surface area contributed by atoms with E-state index in [2.05, 4.69) is 10.2 Å². The molecule has 6 heteroatoms. The fourth-order valence-corrected chi connectivity index (χ4v) is 2.61. The summed E-state index contributed by atoms with van der Waals surface area (Å²) in [6.07, 6.45) is 1.81. The third kappa shape index (κ3) is 3.28. The third-order valence-electron chi connectivity index (χ3n) is 3.96. The lowest BCUT2D eigenvalue weighted by atomic mass is 10.1. The summed E-state index contributed by atoms with van der Waals surface area (Å²) < 4.78 is 13.5. The second-order valence-corrected chi connectivity index (χ2v) is 5.80. The van der Waals surface area contributed by atoms with Gasteiger partial charge in [0.25, 0.3) is 0 Å². The van der Waals surface area contributed by atoms with Gasteiger partial charge in [-0.05, 0) is 37.5 Å². The molecular weight excluding hydrogens is 280 g/mol. The standard InChI is InChI=1S/C16H22N4O2/c1-11-4-3-5-13(8-11)21-10-15-18-19-16(20(15)2)14-7-6-12(17)9-22-14/h3-5,8,12,14H,6-7,9-10,17H2,1-2H3/t12-,14+/m1/s1. The zero-order valence-corrected chi connectivity index (χ0v) is 13.0. The monoisotopic (exact) mass is 302 g/mol. The molecule has 1 aliphatic rings. The number of benzene rings is 1. The first kappa shape index (κ1) is 15.0. The molecule has 0 spiro atoms. The molecule has 1 saturated heterocycles. The van der Waals surface area contributed by atoms with Crippen molar-refractivity contribution in [3.05, 3.63) is 41.5 Å². The predicted molar refractivity (Wildman–Crippen MR) is 82.4 cm³/mol. The molecule has 3 rings (SSSR count). The molecule has 0 bridgehead atoms. The molecule has 1 aromatic carbocycles. The molecule has 2 N–H and O–H groups in total. The number of aromatic nitrogens is 3. The summed E-state index contributed by atoms with van der Waals surface area (Å²) in [6, 6.07) is 8.09. The first-order valence-electron chi connectivity index (χ1n) is 7.58. The molecule has 2 aromatic rings. The Bertz CT molecular complexity index is 633. The van der Waals surface area contributed by atoms with Crippen LogP contribution in [0, 0.1) is 6.92 Å². The Morgan fingerprint density at radius 3 is 2.95 bits per heavy atom. The molecule has 2 heterocycles. The van der Waals surface area contributed by atoms with Crippen molar-refractivity contribution in [2.75, 3.05) is 6.61 Å². The molecular formula is C16H22N4O2. The van der Waals surface area contributed by atoms with Crippen molar-refractivity contribution < 1.29 is 9.47 Å². The van der Waals surface area contributed by atoms with Crippen LogP contribution in [0.1, 0.15) is 36.2 Å². The van der Waals surface area contributed by atoms with Crippen molar-refractivity contribution in [1.82, 2.24) is 14.8 Å². The fraction of sp³-hybridized carbons (Fsp3) is 0.500. The average Bonchev–Trinajstić information content (AvgIpc) is 2.87. The van der Waals surface area contributed by atoms with Crippen LogP contribution < -0.4 is 10.5 Å². The van der Waals surface area contributed by atoms with Gasteiger partial charge in [0.2, 0.25) is 0 Å². The van der Waals surface area contributed by atoms with E-state index in [1.807, 2.05) is 42.8 Å². The van der Waals surface area contributed by atoms with E-state index in [1.54, 1.807) is 0 Å². The number of hydrogen-bond donors (Lipinski definition) is 1. The maximum atomic E-state index is 5.85. The van der Waals surface area contributed by atoms with Gasteiger partial charge in [-0.2, -0.15) is 0 Å². The Labute approximate surface area is 130 Å². The normalized spacial score (nSPS) is 21.8. The Morgan fingerprint density at radius 2 is 2.23 bits per heavy atom. The highest BCUT2D eigenvalue weighted by Crippen LogP contribution is 2.26. The fourth-order valence-electron chi connectivity index (χ4n) is 2.61. The van der Waals surface area contributed by atoms with Crippen LogP contribution >= 0.6 is 0 Å². The number of rotatable bonds is 4. The van der Waals surface area contributed by atoms with Gasteiger partial charge in [0.15, 0.2) is 11.6 Å². The SMILES string of the molecule is Cc1cccc(OCc2nnc([C@@H]3CC[C@@H](N)CO3)n2C)c1. The highest BCUT2D eigenvalue weighted by molar-refractivity contribution is 5.27. The largest absolute Gasteiger partial charge is 0.486 e. The van der Waals surface area contributed by atoms with E-state index in [1.165, 1.54) is 5.56 Å². The van der Waals surface area contributed by atoms with E-state index in [0.29, 0.717) is 13.2 Å². The summed E-state index contributed by atoms with van der Waals surface area (Å²) in [6.45, 7) is 3.00. The number of nitrogens with two attached hydrogens (primary N) is 1. The molecule has 0 amide bonds. The van der Waals surface area contributed by atoms with Crippen molar-refractivity contribution in [2.24, 2.45) is 12.8 Å². The summed E-state index contributed by atoms with van der Waals surface area (Å²) in [7, 11) is 1.95. The average molecular weight is 302 g/mol. The predicted octanol–water partition coefficient (Wildman–Crippen LogP) is 1.88. The van der Waals surface area contributed by atoms with E-state index in [-0.39, 0.29) is 12.1 Å². The second-order valence-electron chi connectivity index (χ2n) is 5.80. The van der Waals surface area contributed by atoms with Crippen molar-refractivity contribution >= 4 is 0 Å². The lowest BCUT2D eigenvalue weighted by molar-refractivity contribution is -0.00290. The molecule has 1 aliphatic heterocycles. The first-order chi connectivity index (χ1) is 10.6. The lowest BCUT2D eigenvalue weighted by Gasteiger charge is -2.25. The van der Waals surface area contributed by atoms with Crippen LogP contribution in [0.5, 0.6) is 5.75 Å². The third-order valence-corrected chi connectivity index (χ3v) is 3.96. The zero-order chi connectivity index (χ0) is 15.5. The van der Waals surface area contributed by atoms with Gasteiger partial charge >= 0.3 is 0 Å². The van der Waals surface area contributed by atoms with E-state index >= 15 is 0 Å². The molecule has 118 valence electrons. The second kappa shape index (κ2) is 6.46. The number of aryl methyl sites for hydroxylation is 1. The number of hydrogen-bond acceptors (Lipinski definition) is 5. The number of ether oxygens (including phenoxy) is 2. The maximum absolute atomic E-state index is 5.85. The van der Waals surface area contributed by atoms with Gasteiger partial charge in [0.05, 0.1) is 6.61 Å². The quantitative estimate of drug-likeness (QED) is 0.933. The molecule has 22 heavy (non-hydrogen) atoms. The van der Waals surface area contributed by atoms with Crippen molar-refractivity contribution in [3.8, 4) is 5.75 Å². The minimum absolute atomic E-state index is 0.0231. The summed E-state index contributed by atoms with van der Waals surface area (Å²) in [5, 5.41) is 8.49. The molecule has 2 atom stereocenters. The molecule has 0 aliphatic carbocycles. The summed E-state index contributed by atoms with van der Waals surface area (Å²) >= 11 is 0. The van der Waals surface area contributed by atoms with E-state index in [0.717, 1.165) is 30.2 Å². The highest BCUT2D eigenvalue weighted by Gasteiger charge is 2.25. The van der Waals surface area contributed by atoms with Gasteiger partial charge in [-0.15, -0.1) is 10.2 Å². The van der Waals surface area contributed by atoms with Crippen LogP contribution in [0.15, 0.2) is 24.3 Å². The van der Waals surface area contributed by atoms with Gasteiger partial charge < -0.3 is 19.8 Å². The number of nitrogens with zero attached hydrogens (tertiary/aromatic N) is 3. The van der Waals surface area contributed by atoms with Gasteiger partial charge in [-0.1, -0.05) is 12.1 Å². The van der Waals surface area contributed by atoms with Crippen LogP contribution in [-0.2, 0) is 18.4 Å².